The Balaban J connectivity index is 1.55. The smallest absolute Gasteiger partial charge is 0.143 e. The second-order valence-corrected chi connectivity index (χ2v) is 6.44. The fraction of sp³-hybridized carbons (Fsp3) is 0.400. The lowest BCUT2D eigenvalue weighted by atomic mass is 9.98. The van der Waals surface area contributed by atoms with E-state index in [1.54, 1.807) is 0 Å². The van der Waals surface area contributed by atoms with Crippen molar-refractivity contribution in [3.8, 4) is 5.75 Å². The summed E-state index contributed by atoms with van der Waals surface area (Å²) in [5.41, 5.74) is 3.91. The monoisotopic (exact) mass is 308 g/mol. The van der Waals surface area contributed by atoms with Crippen LogP contribution in [-0.2, 0) is 0 Å². The maximum atomic E-state index is 5.76. The van der Waals surface area contributed by atoms with E-state index in [2.05, 4.69) is 53.1 Å². The Morgan fingerprint density at radius 3 is 2.65 bits per heavy atom. The lowest BCUT2D eigenvalue weighted by Gasteiger charge is -2.31. The summed E-state index contributed by atoms with van der Waals surface area (Å²) in [4.78, 5) is 4.90. The molecule has 2 aromatic rings. The Labute approximate surface area is 138 Å². The number of hydrogen-bond donors (Lipinski definition) is 0. The van der Waals surface area contributed by atoms with Gasteiger partial charge in [0.2, 0.25) is 0 Å². The van der Waals surface area contributed by atoms with Crippen molar-refractivity contribution in [3.05, 3.63) is 54.1 Å². The zero-order chi connectivity index (χ0) is 15.6. The molecule has 0 radical (unpaired) electrons. The number of rotatable bonds is 3. The van der Waals surface area contributed by atoms with Gasteiger partial charge in [-0.2, -0.15) is 0 Å². The van der Waals surface area contributed by atoms with Crippen molar-refractivity contribution < 1.29 is 4.74 Å². The van der Waals surface area contributed by atoms with Crippen LogP contribution in [0.25, 0.3) is 0 Å². The van der Waals surface area contributed by atoms with E-state index >= 15 is 0 Å². The molecule has 4 rings (SSSR count). The number of likely N-dealkylation sites (tertiary alicyclic amines) is 1. The molecule has 3 nitrogen and oxygen atoms in total. The molecule has 3 heteroatoms. The van der Waals surface area contributed by atoms with Crippen LogP contribution in [0.5, 0.6) is 5.75 Å². The van der Waals surface area contributed by atoms with E-state index in [9.17, 15) is 0 Å². The summed E-state index contributed by atoms with van der Waals surface area (Å²) in [5, 5.41) is 0. The van der Waals surface area contributed by atoms with Crippen LogP contribution in [0.4, 0.5) is 11.4 Å². The van der Waals surface area contributed by atoms with Gasteiger partial charge in [-0.3, -0.25) is 0 Å². The molecule has 0 aliphatic carbocycles. The largest absolute Gasteiger partial charge is 0.490 e. The van der Waals surface area contributed by atoms with Crippen molar-refractivity contribution in [2.24, 2.45) is 0 Å². The Kier molecular flexibility index (Phi) is 3.96. The van der Waals surface area contributed by atoms with E-state index in [-0.39, 0.29) is 0 Å². The first-order valence-corrected chi connectivity index (χ1v) is 8.67. The molecule has 1 fully saturated rings. The summed E-state index contributed by atoms with van der Waals surface area (Å²) in [6, 6.07) is 17.5. The minimum absolute atomic E-state index is 0.695. The van der Waals surface area contributed by atoms with E-state index in [4.69, 9.17) is 4.74 Å². The van der Waals surface area contributed by atoms with Gasteiger partial charge in [-0.05, 0) is 55.3 Å². The Morgan fingerprint density at radius 2 is 1.87 bits per heavy atom. The van der Waals surface area contributed by atoms with Gasteiger partial charge in [0.25, 0.3) is 0 Å². The van der Waals surface area contributed by atoms with Crippen molar-refractivity contribution in [3.63, 3.8) is 0 Å². The first-order chi connectivity index (χ1) is 11.3. The fourth-order valence-electron chi connectivity index (χ4n) is 3.76. The third-order valence-electron chi connectivity index (χ3n) is 5.12. The molecular weight excluding hydrogens is 284 g/mol. The third-order valence-corrected chi connectivity index (χ3v) is 5.12. The Hall–Kier alpha value is -2.00. The second kappa shape index (κ2) is 6.25. The number of benzene rings is 2. The Bertz CT molecular complexity index is 668. The van der Waals surface area contributed by atoms with Crippen LogP contribution in [-0.4, -0.2) is 37.7 Å². The van der Waals surface area contributed by atoms with Gasteiger partial charge in [0.15, 0.2) is 0 Å². The lowest BCUT2D eigenvalue weighted by molar-refractivity contribution is 0.314. The zero-order valence-electron chi connectivity index (χ0n) is 13.7. The van der Waals surface area contributed by atoms with E-state index in [0.29, 0.717) is 5.92 Å². The first-order valence-electron chi connectivity index (χ1n) is 8.67. The molecule has 1 saturated heterocycles. The van der Waals surface area contributed by atoms with Crippen LogP contribution >= 0.6 is 0 Å². The maximum Gasteiger partial charge on any atom is 0.143 e. The first kappa shape index (κ1) is 14.6. The van der Waals surface area contributed by atoms with Crippen molar-refractivity contribution in [2.45, 2.75) is 19.3 Å². The van der Waals surface area contributed by atoms with Crippen LogP contribution in [0.2, 0.25) is 0 Å². The molecular formula is C20H24N2O. The molecule has 0 amide bonds. The van der Waals surface area contributed by atoms with Gasteiger partial charge in [-0.25, -0.2) is 0 Å². The minimum Gasteiger partial charge on any atom is -0.490 e. The number of ether oxygens (including phenoxy) is 1. The van der Waals surface area contributed by atoms with Crippen LogP contribution in [0.15, 0.2) is 48.5 Å². The maximum absolute atomic E-state index is 5.76. The average Bonchev–Trinajstić information content (AvgIpc) is 3.11. The predicted molar refractivity (Wildman–Crippen MR) is 94.9 cm³/mol. The zero-order valence-corrected chi connectivity index (χ0v) is 13.7. The summed E-state index contributed by atoms with van der Waals surface area (Å²) in [6.45, 7) is 7.51. The molecule has 0 aromatic heterocycles. The van der Waals surface area contributed by atoms with Crippen LogP contribution in [0.3, 0.4) is 0 Å². The van der Waals surface area contributed by atoms with E-state index in [0.717, 1.165) is 18.9 Å². The molecule has 0 N–H and O–H groups in total. The molecule has 0 saturated carbocycles. The topological polar surface area (TPSA) is 15.7 Å². The quantitative estimate of drug-likeness (QED) is 0.851. The molecule has 0 spiro atoms. The SMILES string of the molecule is CCN1CCC(c2ccc(N3CCOc4ccccc43)cc2)C1. The molecule has 120 valence electrons. The summed E-state index contributed by atoms with van der Waals surface area (Å²) >= 11 is 0. The van der Waals surface area contributed by atoms with Crippen molar-refractivity contribution in [1.82, 2.24) is 4.90 Å². The Morgan fingerprint density at radius 1 is 1.04 bits per heavy atom. The van der Waals surface area contributed by atoms with Crippen LogP contribution in [0, 0.1) is 0 Å². The molecule has 1 atom stereocenters. The van der Waals surface area contributed by atoms with Gasteiger partial charge >= 0.3 is 0 Å². The minimum atomic E-state index is 0.695. The molecule has 2 aliphatic heterocycles. The third kappa shape index (κ3) is 2.81. The van der Waals surface area contributed by atoms with Crippen molar-refractivity contribution in [2.75, 3.05) is 37.7 Å². The van der Waals surface area contributed by atoms with Crippen molar-refractivity contribution >= 4 is 11.4 Å². The summed E-state index contributed by atoms with van der Waals surface area (Å²) in [7, 11) is 0. The van der Waals surface area contributed by atoms with E-state index in [1.165, 1.54) is 43.0 Å². The van der Waals surface area contributed by atoms with E-state index < -0.39 is 0 Å². The van der Waals surface area contributed by atoms with Gasteiger partial charge in [0.05, 0.1) is 12.2 Å². The summed E-state index contributed by atoms with van der Waals surface area (Å²) in [6.07, 6.45) is 1.29. The molecule has 2 heterocycles. The van der Waals surface area contributed by atoms with Gasteiger partial charge in [0, 0.05) is 12.2 Å². The highest BCUT2D eigenvalue weighted by Crippen LogP contribution is 2.37. The fourth-order valence-corrected chi connectivity index (χ4v) is 3.76. The molecule has 2 aliphatic rings. The number of likely N-dealkylation sites (N-methyl/N-ethyl adjacent to an activating group) is 1. The van der Waals surface area contributed by atoms with Gasteiger partial charge in [-0.15, -0.1) is 0 Å². The average molecular weight is 308 g/mol. The van der Waals surface area contributed by atoms with Gasteiger partial charge in [-0.1, -0.05) is 31.2 Å². The summed E-state index contributed by atoms with van der Waals surface area (Å²) in [5.74, 6) is 1.68. The highest BCUT2D eigenvalue weighted by Gasteiger charge is 2.23. The molecule has 2 aromatic carbocycles. The number of hydrogen-bond acceptors (Lipinski definition) is 3. The standard InChI is InChI=1S/C20H24N2O/c1-2-21-12-11-17(15-21)16-7-9-18(10-8-16)22-13-14-23-20-6-4-3-5-19(20)22/h3-10,17H,2,11-15H2,1H3. The summed E-state index contributed by atoms with van der Waals surface area (Å²) < 4.78 is 5.76. The van der Waals surface area contributed by atoms with E-state index in [1.807, 2.05) is 12.1 Å². The highest BCUT2D eigenvalue weighted by atomic mass is 16.5. The number of anilines is 2. The number of nitrogens with zero attached hydrogens (tertiary/aromatic N) is 2. The highest BCUT2D eigenvalue weighted by molar-refractivity contribution is 5.70. The normalized spacial score (nSPS) is 21.1. The predicted octanol–water partition coefficient (Wildman–Crippen LogP) is 4.03. The van der Waals surface area contributed by atoms with Crippen molar-refractivity contribution in [1.29, 1.82) is 0 Å². The molecule has 0 bridgehead atoms. The van der Waals surface area contributed by atoms with Gasteiger partial charge < -0.3 is 14.5 Å². The van der Waals surface area contributed by atoms with Crippen LogP contribution in [0.1, 0.15) is 24.8 Å². The lowest BCUT2D eigenvalue weighted by Crippen LogP contribution is -2.28. The second-order valence-electron chi connectivity index (χ2n) is 6.44. The number of fused-ring (bicyclic) bond motifs is 1. The van der Waals surface area contributed by atoms with Gasteiger partial charge in [0.1, 0.15) is 12.4 Å². The van der Waals surface area contributed by atoms with Crippen LogP contribution < -0.4 is 9.64 Å². The molecule has 23 heavy (non-hydrogen) atoms. The molecule has 1 unspecified atom stereocenters. The number of para-hydroxylation sites is 2.